The molecule has 2 aromatic rings. The van der Waals surface area contributed by atoms with Crippen LogP contribution < -0.4 is 19.9 Å². The van der Waals surface area contributed by atoms with Gasteiger partial charge in [0.2, 0.25) is 18.6 Å². The molecule has 0 aliphatic carbocycles. The van der Waals surface area contributed by atoms with Gasteiger partial charge >= 0.3 is 5.97 Å². The molecule has 1 aromatic carbocycles. The van der Waals surface area contributed by atoms with E-state index in [-0.39, 0.29) is 30.5 Å². The second kappa shape index (κ2) is 6.00. The van der Waals surface area contributed by atoms with Crippen LogP contribution in [0.2, 0.25) is 0 Å². The summed E-state index contributed by atoms with van der Waals surface area (Å²) < 4.78 is 20.9. The second-order valence-electron chi connectivity index (χ2n) is 5.71. The van der Waals surface area contributed by atoms with E-state index in [1.54, 1.807) is 12.1 Å². The number of nitrogens with zero attached hydrogens (tertiary/aromatic N) is 2. The molecule has 0 amide bonds. The predicted molar refractivity (Wildman–Crippen MR) is 86.2 cm³/mol. The summed E-state index contributed by atoms with van der Waals surface area (Å²) in [6, 6.07) is 7.45. The maximum atomic E-state index is 11.7. The number of rotatable bonds is 3. The van der Waals surface area contributed by atoms with Gasteiger partial charge in [0.25, 0.3) is 0 Å². The van der Waals surface area contributed by atoms with Gasteiger partial charge in [0.1, 0.15) is 11.6 Å². The van der Waals surface area contributed by atoms with E-state index in [0.717, 1.165) is 5.56 Å². The van der Waals surface area contributed by atoms with Gasteiger partial charge in [-0.1, -0.05) is 6.07 Å². The standard InChI is InChI=1S/C17H14N4O5/c1-23-13(22)5-10-15-14(8-2-3-11-12(4-8)25-7-24-11)9(6-18)16(19)26-17(15)21-20-10/h2-4,14H,5,7,19H2,1H3,(H,20,21). The fourth-order valence-corrected chi connectivity index (χ4v) is 3.09. The van der Waals surface area contributed by atoms with Gasteiger partial charge in [-0.15, -0.1) is 5.10 Å². The van der Waals surface area contributed by atoms with Crippen LogP contribution in [0, 0.1) is 11.3 Å². The van der Waals surface area contributed by atoms with Crippen molar-refractivity contribution in [3.05, 3.63) is 46.5 Å². The zero-order chi connectivity index (χ0) is 18.3. The number of nitrogens with one attached hydrogen (secondary N) is 1. The fourth-order valence-electron chi connectivity index (χ4n) is 3.09. The number of allylic oxidation sites excluding steroid dienone is 1. The van der Waals surface area contributed by atoms with E-state index in [1.807, 2.05) is 6.07 Å². The monoisotopic (exact) mass is 354 g/mol. The summed E-state index contributed by atoms with van der Waals surface area (Å²) in [5.41, 5.74) is 7.95. The van der Waals surface area contributed by atoms with Crippen LogP contribution in [0.5, 0.6) is 17.4 Å². The first-order valence-electron chi connectivity index (χ1n) is 7.73. The highest BCUT2D eigenvalue weighted by molar-refractivity contribution is 5.73. The molecule has 0 bridgehead atoms. The lowest BCUT2D eigenvalue weighted by molar-refractivity contribution is -0.139. The molecule has 9 heteroatoms. The van der Waals surface area contributed by atoms with Crippen LogP contribution >= 0.6 is 0 Å². The molecule has 1 atom stereocenters. The summed E-state index contributed by atoms with van der Waals surface area (Å²) in [6.07, 6.45) is -0.0398. The molecule has 2 aliphatic heterocycles. The van der Waals surface area contributed by atoms with Crippen LogP contribution in [0.1, 0.15) is 22.7 Å². The molecule has 132 valence electrons. The van der Waals surface area contributed by atoms with E-state index in [1.165, 1.54) is 7.11 Å². The number of ether oxygens (including phenoxy) is 4. The van der Waals surface area contributed by atoms with Gasteiger partial charge in [-0.3, -0.25) is 9.89 Å². The summed E-state index contributed by atoms with van der Waals surface area (Å²) >= 11 is 0. The molecule has 3 N–H and O–H groups in total. The molecule has 9 nitrogen and oxygen atoms in total. The van der Waals surface area contributed by atoms with Crippen LogP contribution in [0.15, 0.2) is 29.7 Å². The number of carbonyl (C=O) groups is 1. The quantitative estimate of drug-likeness (QED) is 0.782. The molecule has 0 radical (unpaired) electrons. The number of esters is 1. The van der Waals surface area contributed by atoms with Crippen LogP contribution in [0.25, 0.3) is 0 Å². The number of carbonyl (C=O) groups excluding carboxylic acids is 1. The Labute approximate surface area is 147 Å². The Morgan fingerprint density at radius 2 is 2.27 bits per heavy atom. The number of hydrogen-bond donors (Lipinski definition) is 2. The maximum Gasteiger partial charge on any atom is 0.311 e. The summed E-state index contributed by atoms with van der Waals surface area (Å²) in [4.78, 5) is 11.7. The van der Waals surface area contributed by atoms with Crippen LogP contribution in [0.3, 0.4) is 0 Å². The molecule has 0 spiro atoms. The number of methoxy groups -OCH3 is 1. The molecule has 2 aliphatic rings. The zero-order valence-corrected chi connectivity index (χ0v) is 13.7. The number of nitrogens with two attached hydrogens (primary N) is 1. The van der Waals surface area contributed by atoms with E-state index in [9.17, 15) is 10.1 Å². The van der Waals surface area contributed by atoms with Crippen LogP contribution in [0.4, 0.5) is 0 Å². The third-order valence-electron chi connectivity index (χ3n) is 4.30. The summed E-state index contributed by atoms with van der Waals surface area (Å²) in [5.74, 6) is 0.392. The highest BCUT2D eigenvalue weighted by atomic mass is 16.7. The molecule has 3 heterocycles. The van der Waals surface area contributed by atoms with Crippen molar-refractivity contribution in [2.45, 2.75) is 12.3 Å². The number of aromatic nitrogens is 2. The largest absolute Gasteiger partial charge is 0.469 e. The lowest BCUT2D eigenvalue weighted by Crippen LogP contribution is -2.21. The van der Waals surface area contributed by atoms with Gasteiger partial charge in [0.15, 0.2) is 11.5 Å². The summed E-state index contributed by atoms with van der Waals surface area (Å²) in [6.45, 7) is 0.139. The number of aromatic amines is 1. The molecule has 26 heavy (non-hydrogen) atoms. The van der Waals surface area contributed by atoms with Gasteiger partial charge in [0, 0.05) is 0 Å². The number of H-pyrrole nitrogens is 1. The smallest absolute Gasteiger partial charge is 0.311 e. The van der Waals surface area contributed by atoms with Crippen molar-refractivity contribution in [2.24, 2.45) is 5.73 Å². The van der Waals surface area contributed by atoms with E-state index in [2.05, 4.69) is 16.3 Å². The summed E-state index contributed by atoms with van der Waals surface area (Å²) in [5, 5.41) is 16.5. The summed E-state index contributed by atoms with van der Waals surface area (Å²) in [7, 11) is 1.30. The van der Waals surface area contributed by atoms with E-state index >= 15 is 0 Å². The molecular weight excluding hydrogens is 340 g/mol. The molecule has 1 unspecified atom stereocenters. The van der Waals surface area contributed by atoms with E-state index in [0.29, 0.717) is 22.8 Å². The third-order valence-corrected chi connectivity index (χ3v) is 4.30. The zero-order valence-electron chi connectivity index (χ0n) is 13.7. The number of fused-ring (bicyclic) bond motifs is 2. The van der Waals surface area contributed by atoms with E-state index in [4.69, 9.17) is 24.7 Å². The molecule has 0 saturated heterocycles. The Balaban J connectivity index is 1.86. The molecule has 1 aromatic heterocycles. The molecule has 0 fully saturated rings. The first-order chi connectivity index (χ1) is 12.6. The van der Waals surface area contributed by atoms with E-state index < -0.39 is 11.9 Å². The van der Waals surface area contributed by atoms with Crippen molar-refractivity contribution in [1.29, 1.82) is 5.26 Å². The maximum absolute atomic E-state index is 11.7. The molecule has 0 saturated carbocycles. The van der Waals surface area contributed by atoms with Crippen molar-refractivity contribution in [3.63, 3.8) is 0 Å². The van der Waals surface area contributed by atoms with Gasteiger partial charge in [-0.25, -0.2) is 0 Å². The number of hydrogen-bond acceptors (Lipinski definition) is 8. The number of nitriles is 1. The van der Waals surface area contributed by atoms with Gasteiger partial charge in [0.05, 0.1) is 30.7 Å². The lowest BCUT2D eigenvalue weighted by atomic mass is 9.83. The van der Waals surface area contributed by atoms with Crippen molar-refractivity contribution < 1.29 is 23.7 Å². The first-order valence-corrected chi connectivity index (χ1v) is 7.73. The highest BCUT2D eigenvalue weighted by Gasteiger charge is 2.36. The minimum Gasteiger partial charge on any atom is -0.469 e. The molecular formula is C17H14N4O5. The van der Waals surface area contributed by atoms with Crippen molar-refractivity contribution >= 4 is 5.97 Å². The normalized spacial score (nSPS) is 17.3. The Morgan fingerprint density at radius 1 is 1.46 bits per heavy atom. The van der Waals surface area contributed by atoms with Gasteiger partial charge in [-0.2, -0.15) is 5.26 Å². The second-order valence-corrected chi connectivity index (χ2v) is 5.71. The van der Waals surface area contributed by atoms with Crippen molar-refractivity contribution in [3.8, 4) is 23.4 Å². The lowest BCUT2D eigenvalue weighted by Gasteiger charge is -2.24. The Bertz CT molecular complexity index is 972. The first kappa shape index (κ1) is 15.8. The predicted octanol–water partition coefficient (Wildman–Crippen LogP) is 1.07. The minimum atomic E-state index is -0.559. The average Bonchev–Trinajstić information content (AvgIpc) is 3.26. The number of benzene rings is 1. The van der Waals surface area contributed by atoms with Crippen molar-refractivity contribution in [1.82, 2.24) is 10.2 Å². The van der Waals surface area contributed by atoms with Crippen molar-refractivity contribution in [2.75, 3.05) is 13.9 Å². The third kappa shape index (κ3) is 2.39. The average molecular weight is 354 g/mol. The molecule has 4 rings (SSSR count). The SMILES string of the molecule is COC(=O)Cc1[nH]nc2c1C(c1ccc3c(c1)OCO3)C(C#N)=C(N)O2. The van der Waals surface area contributed by atoms with Gasteiger partial charge in [-0.05, 0) is 17.7 Å². The highest BCUT2D eigenvalue weighted by Crippen LogP contribution is 2.45. The topological polar surface area (TPSA) is 132 Å². The van der Waals surface area contributed by atoms with Crippen LogP contribution in [-0.4, -0.2) is 30.1 Å². The fraction of sp³-hybridized carbons (Fsp3) is 0.235. The van der Waals surface area contributed by atoms with Crippen LogP contribution in [-0.2, 0) is 16.0 Å². The van der Waals surface area contributed by atoms with Gasteiger partial charge < -0.3 is 24.7 Å². The Morgan fingerprint density at radius 3 is 3.04 bits per heavy atom. The minimum absolute atomic E-state index is 0.0289. The Hall–Kier alpha value is -3.67. The Kier molecular flexibility index (Phi) is 3.65.